The minimum atomic E-state index is 0.323. The Bertz CT molecular complexity index is 354. The van der Waals surface area contributed by atoms with Crippen LogP contribution in [0.15, 0.2) is 0 Å². The molecule has 3 saturated heterocycles. The van der Waals surface area contributed by atoms with Gasteiger partial charge in [0.1, 0.15) is 6.79 Å². The molecule has 0 bridgehead atoms. The molecule has 0 aromatic rings. The molecular formula is C15H27N3O2. The third-order valence-corrected chi connectivity index (χ3v) is 5.88. The second-order valence-electron chi connectivity index (χ2n) is 7.01. The zero-order chi connectivity index (χ0) is 13.5. The Morgan fingerprint density at radius 1 is 1.00 bits per heavy atom. The summed E-state index contributed by atoms with van der Waals surface area (Å²) in [4.78, 5) is 0. The quantitative estimate of drug-likeness (QED) is 0.655. The first-order valence-electron chi connectivity index (χ1n) is 8.29. The van der Waals surface area contributed by atoms with Crippen LogP contribution >= 0.6 is 0 Å². The van der Waals surface area contributed by atoms with Gasteiger partial charge in [-0.05, 0) is 51.0 Å². The van der Waals surface area contributed by atoms with E-state index < -0.39 is 0 Å². The van der Waals surface area contributed by atoms with Crippen molar-refractivity contribution in [2.45, 2.75) is 69.0 Å². The van der Waals surface area contributed by atoms with Crippen LogP contribution in [0.2, 0.25) is 0 Å². The molecule has 3 heterocycles. The van der Waals surface area contributed by atoms with Gasteiger partial charge in [-0.15, -0.1) is 0 Å². The van der Waals surface area contributed by atoms with Crippen LogP contribution in [0.3, 0.4) is 0 Å². The number of rotatable bonds is 1. The van der Waals surface area contributed by atoms with Crippen molar-refractivity contribution < 1.29 is 9.47 Å². The highest BCUT2D eigenvalue weighted by Gasteiger charge is 2.43. The number of nitrogens with one attached hydrogen (secondary N) is 2. The molecule has 7 unspecified atom stereocenters. The van der Waals surface area contributed by atoms with Gasteiger partial charge in [-0.25, -0.2) is 0 Å². The fourth-order valence-corrected chi connectivity index (χ4v) is 4.73. The highest BCUT2D eigenvalue weighted by Crippen LogP contribution is 2.37. The molecule has 20 heavy (non-hydrogen) atoms. The molecule has 4 N–H and O–H groups in total. The van der Waals surface area contributed by atoms with Crippen LogP contribution in [-0.2, 0) is 9.47 Å². The van der Waals surface area contributed by atoms with Gasteiger partial charge < -0.3 is 20.5 Å². The number of ether oxygens (including phenoxy) is 2. The summed E-state index contributed by atoms with van der Waals surface area (Å²) in [6.07, 6.45) is 8.27. The van der Waals surface area contributed by atoms with Crippen molar-refractivity contribution in [1.29, 1.82) is 0 Å². The molecular weight excluding hydrogens is 254 g/mol. The average molecular weight is 281 g/mol. The predicted octanol–water partition coefficient (Wildman–Crippen LogP) is 0.543. The molecule has 0 aromatic heterocycles. The van der Waals surface area contributed by atoms with E-state index in [1.165, 1.54) is 19.3 Å². The first kappa shape index (κ1) is 13.5. The SMILES string of the molecule is NC1CC(C2CCC3OCOC3C2)NC2NCCCC12. The molecule has 1 saturated carbocycles. The Morgan fingerprint density at radius 3 is 2.85 bits per heavy atom. The van der Waals surface area contributed by atoms with Crippen molar-refractivity contribution in [3.05, 3.63) is 0 Å². The maximum absolute atomic E-state index is 6.46. The average Bonchev–Trinajstić information content (AvgIpc) is 2.94. The van der Waals surface area contributed by atoms with Gasteiger partial charge in [0.25, 0.3) is 0 Å². The third kappa shape index (κ3) is 2.40. The van der Waals surface area contributed by atoms with Gasteiger partial charge in [-0.3, -0.25) is 5.32 Å². The van der Waals surface area contributed by atoms with Crippen LogP contribution in [0.1, 0.15) is 38.5 Å². The zero-order valence-electron chi connectivity index (χ0n) is 12.1. The lowest BCUT2D eigenvalue weighted by atomic mass is 9.74. The van der Waals surface area contributed by atoms with E-state index in [0.717, 1.165) is 25.8 Å². The highest BCUT2D eigenvalue weighted by atomic mass is 16.7. The van der Waals surface area contributed by atoms with E-state index >= 15 is 0 Å². The molecule has 0 spiro atoms. The smallest absolute Gasteiger partial charge is 0.147 e. The lowest BCUT2D eigenvalue weighted by molar-refractivity contribution is 0.0336. The number of piperidine rings is 2. The van der Waals surface area contributed by atoms with E-state index in [9.17, 15) is 0 Å². The highest BCUT2D eigenvalue weighted by molar-refractivity contribution is 4.99. The van der Waals surface area contributed by atoms with Crippen LogP contribution in [0, 0.1) is 11.8 Å². The summed E-state index contributed by atoms with van der Waals surface area (Å²) in [7, 11) is 0. The normalized spacial score (nSPS) is 52.4. The fraction of sp³-hybridized carbons (Fsp3) is 1.00. The Morgan fingerprint density at radius 2 is 1.90 bits per heavy atom. The summed E-state index contributed by atoms with van der Waals surface area (Å²) < 4.78 is 11.3. The summed E-state index contributed by atoms with van der Waals surface area (Å²) in [5.41, 5.74) is 6.46. The molecule has 7 atom stereocenters. The zero-order valence-corrected chi connectivity index (χ0v) is 12.1. The van der Waals surface area contributed by atoms with E-state index in [0.29, 0.717) is 49.1 Å². The van der Waals surface area contributed by atoms with Gasteiger partial charge in [-0.1, -0.05) is 0 Å². The van der Waals surface area contributed by atoms with Crippen molar-refractivity contribution in [1.82, 2.24) is 10.6 Å². The van der Waals surface area contributed by atoms with Crippen molar-refractivity contribution in [2.24, 2.45) is 17.6 Å². The largest absolute Gasteiger partial charge is 0.349 e. The summed E-state index contributed by atoms with van der Waals surface area (Å²) in [5.74, 6) is 1.30. The van der Waals surface area contributed by atoms with Crippen molar-refractivity contribution >= 4 is 0 Å². The first-order valence-corrected chi connectivity index (χ1v) is 8.29. The maximum Gasteiger partial charge on any atom is 0.147 e. The standard InChI is InChI=1S/C15H27N3O2/c16-11-7-12(18-15-10(11)2-1-5-17-15)9-3-4-13-14(6-9)20-8-19-13/h9-15,17-18H,1-8,16H2. The Kier molecular flexibility index (Phi) is 3.73. The van der Waals surface area contributed by atoms with Crippen LogP contribution in [0.4, 0.5) is 0 Å². The van der Waals surface area contributed by atoms with Crippen LogP contribution in [-0.4, -0.2) is 43.8 Å². The van der Waals surface area contributed by atoms with Crippen LogP contribution in [0.25, 0.3) is 0 Å². The van der Waals surface area contributed by atoms with Crippen molar-refractivity contribution in [2.75, 3.05) is 13.3 Å². The Balaban J connectivity index is 1.41. The van der Waals surface area contributed by atoms with E-state index in [1.54, 1.807) is 0 Å². The summed E-state index contributed by atoms with van der Waals surface area (Å²) in [5, 5.41) is 7.47. The number of nitrogens with two attached hydrogens (primary N) is 1. The first-order chi connectivity index (χ1) is 9.81. The van der Waals surface area contributed by atoms with E-state index in [1.807, 2.05) is 0 Å². The molecule has 5 nitrogen and oxygen atoms in total. The molecule has 0 radical (unpaired) electrons. The molecule has 3 aliphatic heterocycles. The summed E-state index contributed by atoms with van der Waals surface area (Å²) >= 11 is 0. The second kappa shape index (κ2) is 5.54. The van der Waals surface area contributed by atoms with Gasteiger partial charge in [0.15, 0.2) is 0 Å². The van der Waals surface area contributed by atoms with Gasteiger partial charge >= 0.3 is 0 Å². The molecule has 4 aliphatic rings. The topological polar surface area (TPSA) is 68.5 Å². The molecule has 0 amide bonds. The van der Waals surface area contributed by atoms with Crippen molar-refractivity contribution in [3.8, 4) is 0 Å². The molecule has 5 heteroatoms. The van der Waals surface area contributed by atoms with E-state index in [2.05, 4.69) is 10.6 Å². The molecule has 4 fully saturated rings. The molecule has 4 rings (SSSR count). The Hall–Kier alpha value is -0.200. The van der Waals surface area contributed by atoms with Gasteiger partial charge in [0, 0.05) is 18.0 Å². The lowest BCUT2D eigenvalue weighted by Crippen LogP contribution is -2.65. The number of hydrogen-bond acceptors (Lipinski definition) is 5. The molecule has 1 aliphatic carbocycles. The maximum atomic E-state index is 6.46. The number of fused-ring (bicyclic) bond motifs is 2. The van der Waals surface area contributed by atoms with Gasteiger partial charge in [-0.2, -0.15) is 0 Å². The van der Waals surface area contributed by atoms with Gasteiger partial charge in [0.05, 0.1) is 18.4 Å². The van der Waals surface area contributed by atoms with Crippen LogP contribution in [0.5, 0.6) is 0 Å². The monoisotopic (exact) mass is 281 g/mol. The van der Waals surface area contributed by atoms with Crippen LogP contribution < -0.4 is 16.4 Å². The Labute approximate surface area is 120 Å². The third-order valence-electron chi connectivity index (χ3n) is 5.88. The lowest BCUT2D eigenvalue weighted by Gasteiger charge is -2.48. The fourth-order valence-electron chi connectivity index (χ4n) is 4.73. The molecule has 0 aromatic carbocycles. The summed E-state index contributed by atoms with van der Waals surface area (Å²) in [6, 6.07) is 0.888. The minimum absolute atomic E-state index is 0.323. The molecule has 114 valence electrons. The van der Waals surface area contributed by atoms with Gasteiger partial charge in [0.2, 0.25) is 0 Å². The summed E-state index contributed by atoms with van der Waals surface area (Å²) in [6.45, 7) is 1.62. The second-order valence-corrected chi connectivity index (χ2v) is 7.01. The van der Waals surface area contributed by atoms with E-state index in [4.69, 9.17) is 15.2 Å². The minimum Gasteiger partial charge on any atom is -0.349 e. The predicted molar refractivity (Wildman–Crippen MR) is 76.0 cm³/mol. The number of hydrogen-bond donors (Lipinski definition) is 3. The van der Waals surface area contributed by atoms with E-state index in [-0.39, 0.29) is 0 Å². The van der Waals surface area contributed by atoms with Crippen molar-refractivity contribution in [3.63, 3.8) is 0 Å².